The summed E-state index contributed by atoms with van der Waals surface area (Å²) in [5, 5.41) is 4.51. The first-order valence-corrected chi connectivity index (χ1v) is 7.47. The van der Waals surface area contributed by atoms with Crippen molar-refractivity contribution < 1.29 is 0 Å². The molecule has 0 radical (unpaired) electrons. The smallest absolute Gasteiger partial charge is 0.107 e. The summed E-state index contributed by atoms with van der Waals surface area (Å²) in [5.74, 6) is 0. The number of nitrogens with two attached hydrogens (primary N) is 1. The highest BCUT2D eigenvalue weighted by Gasteiger charge is 2.04. The molecule has 0 aliphatic rings. The van der Waals surface area contributed by atoms with Gasteiger partial charge in [0.2, 0.25) is 0 Å². The number of benzene rings is 1. The van der Waals surface area contributed by atoms with Crippen LogP contribution in [-0.4, -0.2) is 17.6 Å². The molecule has 0 aliphatic carbocycles. The predicted molar refractivity (Wildman–Crippen MR) is 81.3 cm³/mol. The van der Waals surface area contributed by atoms with Crippen LogP contribution in [0.5, 0.6) is 0 Å². The Hall–Kier alpha value is -1.23. The van der Waals surface area contributed by atoms with Crippen LogP contribution in [0.25, 0.3) is 0 Å². The Morgan fingerprint density at radius 1 is 1.32 bits per heavy atom. The standard InChI is InChI=1S/C15H21N3S/c1-12-9-18-15(19-12)11-17-10-14(16)8-7-13-5-3-2-4-6-13/h2-6,9,14,17H,7-8,10-11,16H2,1H3. The molecule has 0 fully saturated rings. The van der Waals surface area contributed by atoms with Crippen LogP contribution >= 0.6 is 11.3 Å². The van der Waals surface area contributed by atoms with Crippen molar-refractivity contribution in [3.05, 3.63) is 52.0 Å². The molecule has 2 aromatic rings. The molecule has 0 amide bonds. The van der Waals surface area contributed by atoms with Gasteiger partial charge in [0.15, 0.2) is 0 Å². The Kier molecular flexibility index (Phi) is 5.51. The third-order valence-electron chi connectivity index (χ3n) is 3.00. The van der Waals surface area contributed by atoms with Crippen LogP contribution in [0.4, 0.5) is 0 Å². The number of rotatable bonds is 7. The number of nitrogens with one attached hydrogen (secondary N) is 1. The zero-order chi connectivity index (χ0) is 13.5. The van der Waals surface area contributed by atoms with Gasteiger partial charge in [-0.15, -0.1) is 11.3 Å². The second-order valence-corrected chi connectivity index (χ2v) is 6.10. The van der Waals surface area contributed by atoms with Gasteiger partial charge in [0.25, 0.3) is 0 Å². The molecule has 1 heterocycles. The number of aryl methyl sites for hydroxylation is 2. The normalized spacial score (nSPS) is 12.5. The summed E-state index contributed by atoms with van der Waals surface area (Å²) in [6.45, 7) is 3.73. The maximum absolute atomic E-state index is 6.11. The molecular formula is C15H21N3S. The average Bonchev–Trinajstić information content (AvgIpc) is 2.83. The van der Waals surface area contributed by atoms with Crippen LogP contribution in [0, 0.1) is 6.92 Å². The lowest BCUT2D eigenvalue weighted by atomic mass is 10.1. The van der Waals surface area contributed by atoms with E-state index >= 15 is 0 Å². The molecule has 3 nitrogen and oxygen atoms in total. The van der Waals surface area contributed by atoms with Gasteiger partial charge in [-0.05, 0) is 25.3 Å². The minimum atomic E-state index is 0.196. The molecule has 102 valence electrons. The fraction of sp³-hybridized carbons (Fsp3) is 0.400. The van der Waals surface area contributed by atoms with E-state index in [0.29, 0.717) is 0 Å². The van der Waals surface area contributed by atoms with Crippen LogP contribution in [0.2, 0.25) is 0 Å². The van der Waals surface area contributed by atoms with E-state index in [0.717, 1.165) is 30.9 Å². The molecule has 2 rings (SSSR count). The van der Waals surface area contributed by atoms with E-state index < -0.39 is 0 Å². The van der Waals surface area contributed by atoms with Crippen LogP contribution in [-0.2, 0) is 13.0 Å². The van der Waals surface area contributed by atoms with Gasteiger partial charge in [0, 0.05) is 30.2 Å². The highest BCUT2D eigenvalue weighted by molar-refractivity contribution is 7.11. The second kappa shape index (κ2) is 7.38. The van der Waals surface area contributed by atoms with E-state index in [-0.39, 0.29) is 6.04 Å². The molecular weight excluding hydrogens is 254 g/mol. The van der Waals surface area contributed by atoms with Gasteiger partial charge in [0.1, 0.15) is 5.01 Å². The summed E-state index contributed by atoms with van der Waals surface area (Å²) < 4.78 is 0. The molecule has 1 aromatic carbocycles. The number of aromatic nitrogens is 1. The molecule has 19 heavy (non-hydrogen) atoms. The number of hydrogen-bond donors (Lipinski definition) is 2. The van der Waals surface area contributed by atoms with E-state index in [1.807, 2.05) is 12.3 Å². The highest BCUT2D eigenvalue weighted by Crippen LogP contribution is 2.10. The fourth-order valence-electron chi connectivity index (χ4n) is 1.95. The molecule has 3 N–H and O–H groups in total. The Morgan fingerprint density at radius 3 is 2.79 bits per heavy atom. The van der Waals surface area contributed by atoms with E-state index in [1.54, 1.807) is 11.3 Å². The second-order valence-electron chi connectivity index (χ2n) is 4.78. The Balaban J connectivity index is 1.63. The molecule has 0 saturated heterocycles. The van der Waals surface area contributed by atoms with Crippen LogP contribution in [0.3, 0.4) is 0 Å². The van der Waals surface area contributed by atoms with Crippen LogP contribution in [0.15, 0.2) is 36.5 Å². The van der Waals surface area contributed by atoms with Crippen molar-refractivity contribution in [3.8, 4) is 0 Å². The summed E-state index contributed by atoms with van der Waals surface area (Å²) in [7, 11) is 0. The van der Waals surface area contributed by atoms with Crippen molar-refractivity contribution in [2.24, 2.45) is 5.73 Å². The van der Waals surface area contributed by atoms with Crippen molar-refractivity contribution in [3.63, 3.8) is 0 Å². The van der Waals surface area contributed by atoms with Crippen molar-refractivity contribution >= 4 is 11.3 Å². The molecule has 0 saturated carbocycles. The monoisotopic (exact) mass is 275 g/mol. The Bertz CT molecular complexity index is 481. The van der Waals surface area contributed by atoms with Gasteiger partial charge >= 0.3 is 0 Å². The summed E-state index contributed by atoms with van der Waals surface area (Å²) >= 11 is 1.74. The first kappa shape index (κ1) is 14.2. The molecule has 4 heteroatoms. The van der Waals surface area contributed by atoms with Crippen LogP contribution < -0.4 is 11.1 Å². The van der Waals surface area contributed by atoms with Gasteiger partial charge in [-0.1, -0.05) is 30.3 Å². The minimum absolute atomic E-state index is 0.196. The third kappa shape index (κ3) is 5.11. The Labute approximate surface area is 118 Å². The van der Waals surface area contributed by atoms with Gasteiger partial charge < -0.3 is 11.1 Å². The summed E-state index contributed by atoms with van der Waals surface area (Å²) in [6, 6.07) is 10.7. The van der Waals surface area contributed by atoms with Gasteiger partial charge in [0.05, 0.1) is 0 Å². The Morgan fingerprint density at radius 2 is 2.11 bits per heavy atom. The summed E-state index contributed by atoms with van der Waals surface area (Å²) in [6.07, 6.45) is 3.96. The SMILES string of the molecule is Cc1cnc(CNCC(N)CCc2ccccc2)s1. The fourth-order valence-corrected chi connectivity index (χ4v) is 2.70. The number of hydrogen-bond acceptors (Lipinski definition) is 4. The zero-order valence-corrected chi connectivity index (χ0v) is 12.1. The van der Waals surface area contributed by atoms with Crippen molar-refractivity contribution in [2.45, 2.75) is 32.4 Å². The highest BCUT2D eigenvalue weighted by atomic mass is 32.1. The topological polar surface area (TPSA) is 50.9 Å². The first-order valence-electron chi connectivity index (χ1n) is 6.65. The molecule has 0 spiro atoms. The average molecular weight is 275 g/mol. The van der Waals surface area contributed by atoms with Gasteiger partial charge in [-0.3, -0.25) is 0 Å². The largest absolute Gasteiger partial charge is 0.327 e. The first-order chi connectivity index (χ1) is 9.24. The lowest BCUT2D eigenvalue weighted by molar-refractivity contribution is 0.543. The van der Waals surface area contributed by atoms with Crippen molar-refractivity contribution in [1.82, 2.24) is 10.3 Å². The molecule has 0 aliphatic heterocycles. The quantitative estimate of drug-likeness (QED) is 0.816. The van der Waals surface area contributed by atoms with Gasteiger partial charge in [-0.2, -0.15) is 0 Å². The lowest BCUT2D eigenvalue weighted by Crippen LogP contribution is -2.33. The number of nitrogens with zero attached hydrogens (tertiary/aromatic N) is 1. The molecule has 0 bridgehead atoms. The zero-order valence-electron chi connectivity index (χ0n) is 11.3. The van der Waals surface area contributed by atoms with E-state index in [9.17, 15) is 0 Å². The third-order valence-corrected chi connectivity index (χ3v) is 3.91. The molecule has 1 atom stereocenters. The number of thiazole rings is 1. The maximum Gasteiger partial charge on any atom is 0.107 e. The summed E-state index contributed by atoms with van der Waals surface area (Å²) in [5.41, 5.74) is 7.47. The van der Waals surface area contributed by atoms with Gasteiger partial charge in [-0.25, -0.2) is 4.98 Å². The molecule has 1 aromatic heterocycles. The molecule has 1 unspecified atom stereocenters. The lowest BCUT2D eigenvalue weighted by Gasteiger charge is -2.12. The van der Waals surface area contributed by atoms with E-state index in [1.165, 1.54) is 10.4 Å². The summed E-state index contributed by atoms with van der Waals surface area (Å²) in [4.78, 5) is 5.58. The maximum atomic E-state index is 6.11. The van der Waals surface area contributed by atoms with Crippen molar-refractivity contribution in [1.29, 1.82) is 0 Å². The van der Waals surface area contributed by atoms with Crippen LogP contribution in [0.1, 0.15) is 21.9 Å². The van der Waals surface area contributed by atoms with E-state index in [2.05, 4.69) is 41.5 Å². The predicted octanol–water partition coefficient (Wildman–Crippen LogP) is 2.50. The van der Waals surface area contributed by atoms with Crippen molar-refractivity contribution in [2.75, 3.05) is 6.54 Å². The minimum Gasteiger partial charge on any atom is -0.327 e. The van der Waals surface area contributed by atoms with E-state index in [4.69, 9.17) is 5.73 Å².